The second kappa shape index (κ2) is 7.47. The first kappa shape index (κ1) is 17.1. The summed E-state index contributed by atoms with van der Waals surface area (Å²) in [6.45, 7) is 0. The van der Waals surface area contributed by atoms with E-state index < -0.39 is 17.8 Å². The van der Waals surface area contributed by atoms with Crippen molar-refractivity contribution in [1.82, 2.24) is 5.32 Å². The van der Waals surface area contributed by atoms with Gasteiger partial charge in [-0.05, 0) is 48.1 Å². The molecule has 130 valence electrons. The van der Waals surface area contributed by atoms with Crippen LogP contribution in [0.3, 0.4) is 0 Å². The largest absolute Gasteiger partial charge is 0.481 e. The first-order valence-corrected chi connectivity index (χ1v) is 8.40. The molecule has 0 bridgehead atoms. The summed E-state index contributed by atoms with van der Waals surface area (Å²) in [5.41, 5.74) is 2.62. The van der Waals surface area contributed by atoms with Crippen LogP contribution in [0.25, 0.3) is 0 Å². The Morgan fingerprint density at radius 1 is 1.20 bits per heavy atom. The van der Waals surface area contributed by atoms with E-state index in [0.717, 1.165) is 30.4 Å². The van der Waals surface area contributed by atoms with Gasteiger partial charge in [-0.25, -0.2) is 4.39 Å². The number of hydrogen-bond donors (Lipinski definition) is 2. The molecule has 0 fully saturated rings. The minimum atomic E-state index is -1.04. The minimum absolute atomic E-state index is 0.206. The highest BCUT2D eigenvalue weighted by Gasteiger charge is 2.28. The van der Waals surface area contributed by atoms with Crippen LogP contribution in [0.1, 0.15) is 47.9 Å². The molecular weight excluding hydrogens is 321 g/mol. The van der Waals surface area contributed by atoms with Crippen molar-refractivity contribution in [2.45, 2.75) is 37.6 Å². The minimum Gasteiger partial charge on any atom is -0.481 e. The normalized spacial score (nSPS) is 17.4. The summed E-state index contributed by atoms with van der Waals surface area (Å²) < 4.78 is 13.5. The Balaban J connectivity index is 1.83. The number of carboxylic acid groups (broad SMARTS) is 1. The molecule has 1 aliphatic rings. The van der Waals surface area contributed by atoms with Crippen LogP contribution < -0.4 is 5.32 Å². The van der Waals surface area contributed by atoms with Gasteiger partial charge in [0, 0.05) is 0 Å². The molecule has 2 aromatic rings. The standard InChI is InChI=1S/C20H20FNO3/c21-15-8-3-7-14(11-15)18(12-19(23)24)22-20(25)17-10-4-6-13-5-1-2-9-16(13)17/h1-3,5,7-9,11,17-18H,4,6,10,12H2,(H,22,25)(H,23,24)/t17-,18?/m0/s1. The molecule has 5 heteroatoms. The molecule has 0 radical (unpaired) electrons. The fraction of sp³-hybridized carbons (Fsp3) is 0.300. The number of carbonyl (C=O) groups is 2. The molecule has 3 rings (SSSR count). The van der Waals surface area contributed by atoms with E-state index in [1.54, 1.807) is 6.07 Å². The highest BCUT2D eigenvalue weighted by atomic mass is 19.1. The molecule has 1 unspecified atom stereocenters. The van der Waals surface area contributed by atoms with Crippen molar-refractivity contribution >= 4 is 11.9 Å². The predicted molar refractivity (Wildman–Crippen MR) is 91.7 cm³/mol. The Morgan fingerprint density at radius 3 is 2.76 bits per heavy atom. The lowest BCUT2D eigenvalue weighted by Crippen LogP contribution is -2.35. The van der Waals surface area contributed by atoms with Gasteiger partial charge in [0.05, 0.1) is 18.4 Å². The van der Waals surface area contributed by atoms with E-state index in [4.69, 9.17) is 5.11 Å². The number of rotatable bonds is 5. The SMILES string of the molecule is O=C(O)CC(NC(=O)[C@H]1CCCc2ccccc21)c1cccc(F)c1. The molecule has 0 aromatic heterocycles. The third-order valence-corrected chi connectivity index (χ3v) is 4.63. The Bertz CT molecular complexity index is 790. The molecule has 0 saturated carbocycles. The Kier molecular flexibility index (Phi) is 5.12. The second-order valence-electron chi connectivity index (χ2n) is 6.36. The first-order chi connectivity index (χ1) is 12.0. The van der Waals surface area contributed by atoms with Crippen LogP contribution >= 0.6 is 0 Å². The van der Waals surface area contributed by atoms with Crippen LogP contribution in [0.4, 0.5) is 4.39 Å². The van der Waals surface area contributed by atoms with Crippen molar-refractivity contribution < 1.29 is 19.1 Å². The Hall–Kier alpha value is -2.69. The lowest BCUT2D eigenvalue weighted by molar-refractivity contribution is -0.137. The van der Waals surface area contributed by atoms with Crippen LogP contribution in [0.15, 0.2) is 48.5 Å². The zero-order valence-corrected chi connectivity index (χ0v) is 13.7. The highest BCUT2D eigenvalue weighted by Crippen LogP contribution is 2.32. The fourth-order valence-electron chi connectivity index (χ4n) is 3.45. The van der Waals surface area contributed by atoms with Crippen molar-refractivity contribution in [3.8, 4) is 0 Å². The number of benzene rings is 2. The van der Waals surface area contributed by atoms with E-state index >= 15 is 0 Å². The first-order valence-electron chi connectivity index (χ1n) is 8.40. The van der Waals surface area contributed by atoms with Crippen LogP contribution in [0.5, 0.6) is 0 Å². The number of fused-ring (bicyclic) bond motifs is 1. The average molecular weight is 341 g/mol. The zero-order chi connectivity index (χ0) is 17.8. The highest BCUT2D eigenvalue weighted by molar-refractivity contribution is 5.85. The van der Waals surface area contributed by atoms with Crippen molar-refractivity contribution in [2.24, 2.45) is 0 Å². The number of carboxylic acids is 1. The summed E-state index contributed by atoms with van der Waals surface area (Å²) in [6.07, 6.45) is 2.30. The molecule has 0 saturated heterocycles. The lowest BCUT2D eigenvalue weighted by Gasteiger charge is -2.27. The third-order valence-electron chi connectivity index (χ3n) is 4.63. The zero-order valence-electron chi connectivity index (χ0n) is 13.7. The molecule has 1 aliphatic carbocycles. The maximum Gasteiger partial charge on any atom is 0.305 e. The van der Waals surface area contributed by atoms with E-state index in [-0.39, 0.29) is 18.2 Å². The van der Waals surface area contributed by atoms with Gasteiger partial charge in [-0.15, -0.1) is 0 Å². The third kappa shape index (κ3) is 4.05. The van der Waals surface area contributed by atoms with Crippen LogP contribution in [-0.2, 0) is 16.0 Å². The quantitative estimate of drug-likeness (QED) is 0.873. The maximum atomic E-state index is 13.5. The van der Waals surface area contributed by atoms with E-state index in [2.05, 4.69) is 5.32 Å². The summed E-state index contributed by atoms with van der Waals surface area (Å²) in [5, 5.41) is 12.0. The molecule has 1 amide bonds. The van der Waals surface area contributed by atoms with Crippen molar-refractivity contribution in [2.75, 3.05) is 0 Å². The van der Waals surface area contributed by atoms with Gasteiger partial charge in [0.25, 0.3) is 0 Å². The molecule has 0 spiro atoms. The molecule has 4 nitrogen and oxygen atoms in total. The molecule has 25 heavy (non-hydrogen) atoms. The lowest BCUT2D eigenvalue weighted by atomic mass is 9.82. The molecule has 0 aliphatic heterocycles. The van der Waals surface area contributed by atoms with Gasteiger partial charge in [0.2, 0.25) is 5.91 Å². The van der Waals surface area contributed by atoms with E-state index in [1.807, 2.05) is 24.3 Å². The van der Waals surface area contributed by atoms with Crippen LogP contribution in [0.2, 0.25) is 0 Å². The fourth-order valence-corrected chi connectivity index (χ4v) is 3.45. The number of hydrogen-bond acceptors (Lipinski definition) is 2. The number of nitrogens with one attached hydrogen (secondary N) is 1. The van der Waals surface area contributed by atoms with Gasteiger partial charge < -0.3 is 10.4 Å². The smallest absolute Gasteiger partial charge is 0.305 e. The van der Waals surface area contributed by atoms with Gasteiger partial charge in [0.15, 0.2) is 0 Å². The number of aliphatic carboxylic acids is 1. The molecule has 2 N–H and O–H groups in total. The van der Waals surface area contributed by atoms with Crippen molar-refractivity contribution in [3.63, 3.8) is 0 Å². The molecular formula is C20H20FNO3. The molecule has 2 atom stereocenters. The van der Waals surface area contributed by atoms with E-state index in [0.29, 0.717) is 5.56 Å². The second-order valence-corrected chi connectivity index (χ2v) is 6.36. The number of amides is 1. The van der Waals surface area contributed by atoms with Gasteiger partial charge >= 0.3 is 5.97 Å². The maximum absolute atomic E-state index is 13.5. The van der Waals surface area contributed by atoms with Crippen molar-refractivity contribution in [3.05, 3.63) is 71.0 Å². The summed E-state index contributed by atoms with van der Waals surface area (Å²) >= 11 is 0. The van der Waals surface area contributed by atoms with Crippen LogP contribution in [-0.4, -0.2) is 17.0 Å². The topological polar surface area (TPSA) is 66.4 Å². The number of carbonyl (C=O) groups excluding carboxylic acids is 1. The van der Waals surface area contributed by atoms with Gasteiger partial charge in [-0.2, -0.15) is 0 Å². The Morgan fingerprint density at radius 2 is 2.00 bits per heavy atom. The van der Waals surface area contributed by atoms with Gasteiger partial charge in [-0.1, -0.05) is 36.4 Å². The van der Waals surface area contributed by atoms with Gasteiger partial charge in [-0.3, -0.25) is 9.59 Å². The summed E-state index contributed by atoms with van der Waals surface area (Å²) in [4.78, 5) is 24.0. The number of halogens is 1. The summed E-state index contributed by atoms with van der Waals surface area (Å²) in [7, 11) is 0. The molecule has 2 aromatic carbocycles. The monoisotopic (exact) mass is 341 g/mol. The molecule has 0 heterocycles. The average Bonchev–Trinajstić information content (AvgIpc) is 2.60. The predicted octanol–water partition coefficient (Wildman–Crippen LogP) is 3.58. The Labute approximate surface area is 145 Å². The van der Waals surface area contributed by atoms with Gasteiger partial charge in [0.1, 0.15) is 5.82 Å². The summed E-state index contributed by atoms with van der Waals surface area (Å²) in [5.74, 6) is -2.00. The van der Waals surface area contributed by atoms with E-state index in [9.17, 15) is 14.0 Å². The van der Waals surface area contributed by atoms with Crippen LogP contribution in [0, 0.1) is 5.82 Å². The summed E-state index contributed by atoms with van der Waals surface area (Å²) in [6, 6.07) is 12.8. The number of aryl methyl sites for hydroxylation is 1. The van der Waals surface area contributed by atoms with Crippen molar-refractivity contribution in [1.29, 1.82) is 0 Å². The van der Waals surface area contributed by atoms with E-state index in [1.165, 1.54) is 18.2 Å².